The van der Waals surface area contributed by atoms with E-state index < -0.39 is 5.60 Å². The number of hydrogen-bond acceptors (Lipinski definition) is 4. The van der Waals surface area contributed by atoms with Gasteiger partial charge in [-0.1, -0.05) is 12.2 Å². The molecule has 104 valence electrons. The maximum absolute atomic E-state index is 12.1. The van der Waals surface area contributed by atoms with Crippen LogP contribution in [0, 0.1) is 0 Å². The molecule has 0 unspecified atom stereocenters. The molecule has 18 heavy (non-hydrogen) atoms. The first-order valence-corrected chi connectivity index (χ1v) is 6.58. The molecule has 0 aromatic carbocycles. The molecule has 0 aromatic heterocycles. The molecule has 5 nitrogen and oxygen atoms in total. The van der Waals surface area contributed by atoms with Crippen LogP contribution in [0.15, 0.2) is 0 Å². The zero-order chi connectivity index (χ0) is 13.8. The second kappa shape index (κ2) is 6.45. The highest BCUT2D eigenvalue weighted by molar-refractivity contribution is 7.80. The minimum atomic E-state index is -0.396. The van der Waals surface area contributed by atoms with E-state index in [0.29, 0.717) is 18.0 Å². The molecule has 2 N–H and O–H groups in total. The lowest BCUT2D eigenvalue weighted by Crippen LogP contribution is -2.51. The fourth-order valence-electron chi connectivity index (χ4n) is 1.92. The van der Waals surface area contributed by atoms with Crippen molar-refractivity contribution in [1.82, 2.24) is 9.80 Å². The number of hydrogen-bond donors (Lipinski definition) is 1. The third kappa shape index (κ3) is 4.88. The van der Waals surface area contributed by atoms with Crippen molar-refractivity contribution in [2.45, 2.75) is 25.9 Å². The first-order valence-electron chi connectivity index (χ1n) is 6.17. The molecule has 1 heterocycles. The molecule has 0 bridgehead atoms. The summed E-state index contributed by atoms with van der Waals surface area (Å²) in [7, 11) is 1.63. The summed E-state index contributed by atoms with van der Waals surface area (Å²) in [5.74, 6) is 0.150. The van der Waals surface area contributed by atoms with Gasteiger partial charge in [-0.2, -0.15) is 0 Å². The Morgan fingerprint density at radius 1 is 1.33 bits per heavy atom. The molecule has 0 spiro atoms. The number of carbonyl (C=O) groups excluding carboxylic acids is 1. The molecule has 0 radical (unpaired) electrons. The van der Waals surface area contributed by atoms with Crippen molar-refractivity contribution in [3.05, 3.63) is 0 Å². The highest BCUT2D eigenvalue weighted by Gasteiger charge is 2.27. The van der Waals surface area contributed by atoms with Crippen molar-refractivity contribution >= 4 is 23.1 Å². The second-order valence-electron chi connectivity index (χ2n) is 5.26. The highest BCUT2D eigenvalue weighted by atomic mass is 32.1. The average Bonchev–Trinajstić information content (AvgIpc) is 2.28. The summed E-state index contributed by atoms with van der Waals surface area (Å²) in [6.07, 6.45) is 0.415. The molecule has 0 atom stereocenters. The van der Waals surface area contributed by atoms with Gasteiger partial charge in [0.15, 0.2) is 0 Å². The van der Waals surface area contributed by atoms with Crippen molar-refractivity contribution in [2.75, 3.05) is 39.8 Å². The Morgan fingerprint density at radius 2 is 1.89 bits per heavy atom. The lowest BCUT2D eigenvalue weighted by atomic mass is 10.0. The zero-order valence-electron chi connectivity index (χ0n) is 11.4. The molecule has 1 aliphatic rings. The number of rotatable bonds is 5. The van der Waals surface area contributed by atoms with E-state index in [4.69, 9.17) is 22.7 Å². The van der Waals surface area contributed by atoms with E-state index in [2.05, 4.69) is 4.90 Å². The van der Waals surface area contributed by atoms with Gasteiger partial charge in [0.25, 0.3) is 0 Å². The number of carbonyl (C=O) groups is 1. The lowest BCUT2D eigenvalue weighted by molar-refractivity contribution is -0.138. The van der Waals surface area contributed by atoms with Gasteiger partial charge in [0.1, 0.15) is 0 Å². The fraction of sp³-hybridized carbons (Fsp3) is 0.833. The molecule has 1 amide bonds. The predicted octanol–water partition coefficient (Wildman–Crippen LogP) is 0.232. The van der Waals surface area contributed by atoms with Crippen LogP contribution in [0.25, 0.3) is 0 Å². The van der Waals surface area contributed by atoms with E-state index in [9.17, 15) is 4.79 Å². The summed E-state index contributed by atoms with van der Waals surface area (Å²) in [4.78, 5) is 16.6. The summed E-state index contributed by atoms with van der Waals surface area (Å²) in [5.41, 5.74) is 5.12. The standard InChI is InChI=1S/C12H23N3O2S/c1-12(2,17-3)8-11(16)15-6-4-14(5-7-15)9-10(13)18/h4-9H2,1-3H3,(H2,13,18). The van der Waals surface area contributed by atoms with E-state index in [1.54, 1.807) is 7.11 Å². The Kier molecular flexibility index (Phi) is 5.49. The van der Waals surface area contributed by atoms with Gasteiger partial charge in [-0.05, 0) is 13.8 Å². The minimum Gasteiger partial charge on any atom is -0.392 e. The van der Waals surface area contributed by atoms with Crippen LogP contribution in [0.1, 0.15) is 20.3 Å². The van der Waals surface area contributed by atoms with Crippen LogP contribution in [-0.4, -0.2) is 66.1 Å². The molecule has 1 aliphatic heterocycles. The molecule has 1 rings (SSSR count). The number of nitrogens with zero attached hydrogens (tertiary/aromatic N) is 2. The topological polar surface area (TPSA) is 58.8 Å². The zero-order valence-corrected chi connectivity index (χ0v) is 12.3. The van der Waals surface area contributed by atoms with Gasteiger partial charge in [0.05, 0.1) is 17.0 Å². The van der Waals surface area contributed by atoms with Crippen molar-refractivity contribution in [2.24, 2.45) is 5.73 Å². The van der Waals surface area contributed by atoms with Gasteiger partial charge in [0.2, 0.25) is 5.91 Å². The van der Waals surface area contributed by atoms with Crippen molar-refractivity contribution in [3.8, 4) is 0 Å². The quantitative estimate of drug-likeness (QED) is 0.727. The number of ether oxygens (including phenoxy) is 1. The largest absolute Gasteiger partial charge is 0.392 e. The lowest BCUT2D eigenvalue weighted by Gasteiger charge is -2.36. The first kappa shape index (κ1) is 15.3. The molecule has 6 heteroatoms. The summed E-state index contributed by atoms with van der Waals surface area (Å²) in [5, 5.41) is 0. The van der Waals surface area contributed by atoms with Gasteiger partial charge in [-0.15, -0.1) is 0 Å². The Labute approximate surface area is 114 Å². The smallest absolute Gasteiger partial charge is 0.225 e. The number of piperazine rings is 1. The fourth-order valence-corrected chi connectivity index (χ4v) is 2.11. The average molecular weight is 273 g/mol. The van der Waals surface area contributed by atoms with E-state index in [0.717, 1.165) is 26.2 Å². The van der Waals surface area contributed by atoms with Gasteiger partial charge < -0.3 is 15.4 Å². The predicted molar refractivity (Wildman–Crippen MR) is 75.5 cm³/mol. The van der Waals surface area contributed by atoms with Crippen LogP contribution in [0.2, 0.25) is 0 Å². The van der Waals surface area contributed by atoms with Crippen LogP contribution in [0.5, 0.6) is 0 Å². The molecule has 0 saturated carbocycles. The van der Waals surface area contributed by atoms with Gasteiger partial charge in [0, 0.05) is 39.8 Å². The van der Waals surface area contributed by atoms with Crippen LogP contribution >= 0.6 is 12.2 Å². The first-order chi connectivity index (χ1) is 8.34. The van der Waals surface area contributed by atoms with E-state index in [1.807, 2.05) is 18.7 Å². The van der Waals surface area contributed by atoms with Crippen LogP contribution < -0.4 is 5.73 Å². The minimum absolute atomic E-state index is 0.150. The maximum Gasteiger partial charge on any atom is 0.225 e. The number of amides is 1. The third-order valence-corrected chi connectivity index (χ3v) is 3.36. The summed E-state index contributed by atoms with van der Waals surface area (Å²) < 4.78 is 5.28. The van der Waals surface area contributed by atoms with Crippen molar-refractivity contribution in [1.29, 1.82) is 0 Å². The molecule has 1 saturated heterocycles. The Morgan fingerprint density at radius 3 is 2.33 bits per heavy atom. The maximum atomic E-state index is 12.1. The van der Waals surface area contributed by atoms with Gasteiger partial charge >= 0.3 is 0 Å². The van der Waals surface area contributed by atoms with E-state index >= 15 is 0 Å². The molecular weight excluding hydrogens is 250 g/mol. The normalized spacial score (nSPS) is 17.8. The SMILES string of the molecule is COC(C)(C)CC(=O)N1CCN(CC(N)=S)CC1. The van der Waals surface area contributed by atoms with Crippen LogP contribution in [0.4, 0.5) is 0 Å². The summed E-state index contributed by atoms with van der Waals surface area (Å²) in [6, 6.07) is 0. The van der Waals surface area contributed by atoms with Crippen molar-refractivity contribution < 1.29 is 9.53 Å². The van der Waals surface area contributed by atoms with Gasteiger partial charge in [-0.3, -0.25) is 9.69 Å². The van der Waals surface area contributed by atoms with Crippen LogP contribution in [-0.2, 0) is 9.53 Å². The Bertz CT molecular complexity index is 312. The molecule has 1 fully saturated rings. The Hall–Kier alpha value is -0.720. The number of methoxy groups -OCH3 is 1. The van der Waals surface area contributed by atoms with E-state index in [-0.39, 0.29) is 5.91 Å². The number of nitrogens with two attached hydrogens (primary N) is 1. The van der Waals surface area contributed by atoms with Crippen LogP contribution in [0.3, 0.4) is 0 Å². The summed E-state index contributed by atoms with van der Waals surface area (Å²) in [6.45, 7) is 7.62. The number of thiocarbonyl (C=S) groups is 1. The second-order valence-corrected chi connectivity index (χ2v) is 5.79. The highest BCUT2D eigenvalue weighted by Crippen LogP contribution is 2.15. The van der Waals surface area contributed by atoms with Crippen molar-refractivity contribution in [3.63, 3.8) is 0 Å². The Balaban J connectivity index is 2.38. The van der Waals surface area contributed by atoms with Gasteiger partial charge in [-0.25, -0.2) is 0 Å². The monoisotopic (exact) mass is 273 g/mol. The summed E-state index contributed by atoms with van der Waals surface area (Å²) >= 11 is 4.88. The molecular formula is C12H23N3O2S. The molecule has 0 aromatic rings. The van der Waals surface area contributed by atoms with E-state index in [1.165, 1.54) is 0 Å². The third-order valence-electron chi connectivity index (χ3n) is 3.23. The molecule has 0 aliphatic carbocycles.